The molecule has 3 aliphatic rings. The van der Waals surface area contributed by atoms with Crippen LogP contribution in [0.5, 0.6) is 0 Å². The van der Waals surface area contributed by atoms with Crippen molar-refractivity contribution in [1.82, 2.24) is 15.1 Å². The van der Waals surface area contributed by atoms with Crippen molar-refractivity contribution in [2.45, 2.75) is 38.1 Å². The van der Waals surface area contributed by atoms with Crippen LogP contribution in [0.15, 0.2) is 24.3 Å². The molecule has 0 radical (unpaired) electrons. The number of carbonyl (C=O) groups excluding carboxylic acids is 3. The zero-order chi connectivity index (χ0) is 21.1. The van der Waals surface area contributed by atoms with E-state index in [1.165, 1.54) is 0 Å². The number of piperidine rings is 2. The molecule has 4 amide bonds. The molecule has 3 saturated heterocycles. The predicted molar refractivity (Wildman–Crippen MR) is 114 cm³/mol. The highest BCUT2D eigenvalue weighted by molar-refractivity contribution is 5.94. The van der Waals surface area contributed by atoms with Gasteiger partial charge in [-0.05, 0) is 56.4 Å². The summed E-state index contributed by atoms with van der Waals surface area (Å²) in [5.41, 5.74) is 7.18. The van der Waals surface area contributed by atoms with Crippen molar-refractivity contribution in [3.63, 3.8) is 0 Å². The molecule has 1 aromatic rings. The lowest BCUT2D eigenvalue weighted by molar-refractivity contribution is -0.122. The molecule has 0 bridgehead atoms. The summed E-state index contributed by atoms with van der Waals surface area (Å²) in [4.78, 5) is 42.5. The van der Waals surface area contributed by atoms with Gasteiger partial charge in [0.05, 0.1) is 5.92 Å². The molecule has 8 nitrogen and oxygen atoms in total. The van der Waals surface area contributed by atoms with Crippen LogP contribution in [-0.4, -0.2) is 73.0 Å². The highest BCUT2D eigenvalue weighted by Gasteiger charge is 2.31. The lowest BCUT2D eigenvalue weighted by atomic mass is 9.97. The minimum absolute atomic E-state index is 0.0258. The second-order valence-electron chi connectivity index (χ2n) is 8.54. The molecule has 1 aromatic carbocycles. The van der Waals surface area contributed by atoms with Crippen molar-refractivity contribution in [1.29, 1.82) is 0 Å². The molecule has 162 valence electrons. The molecule has 1 atom stereocenters. The molecule has 0 saturated carbocycles. The summed E-state index contributed by atoms with van der Waals surface area (Å²) < 4.78 is 0. The number of carbonyl (C=O) groups is 3. The zero-order valence-corrected chi connectivity index (χ0v) is 17.4. The summed E-state index contributed by atoms with van der Waals surface area (Å²) in [6, 6.07) is 7.90. The van der Waals surface area contributed by atoms with Crippen LogP contribution in [0.3, 0.4) is 0 Å². The average molecular weight is 414 g/mol. The molecule has 0 aromatic heterocycles. The second kappa shape index (κ2) is 8.93. The number of nitrogens with one attached hydrogen (secondary N) is 1. The normalized spacial score (nSPS) is 23.3. The highest BCUT2D eigenvalue weighted by Crippen LogP contribution is 2.25. The van der Waals surface area contributed by atoms with E-state index in [1.54, 1.807) is 0 Å². The number of primary amides is 1. The number of nitrogens with two attached hydrogens (primary N) is 1. The first-order valence-corrected chi connectivity index (χ1v) is 11.0. The summed E-state index contributed by atoms with van der Waals surface area (Å²) in [6.45, 7) is 4.43. The van der Waals surface area contributed by atoms with Crippen LogP contribution in [0.25, 0.3) is 0 Å². The lowest BCUT2D eigenvalue weighted by Gasteiger charge is -2.40. The third kappa shape index (κ3) is 4.37. The lowest BCUT2D eigenvalue weighted by Crippen LogP contribution is -2.54. The van der Waals surface area contributed by atoms with Crippen LogP contribution in [-0.2, 0) is 4.79 Å². The van der Waals surface area contributed by atoms with Crippen molar-refractivity contribution in [3.05, 3.63) is 29.8 Å². The number of amides is 4. The fraction of sp³-hybridized carbons (Fsp3) is 0.591. The van der Waals surface area contributed by atoms with Gasteiger partial charge in [0.2, 0.25) is 5.91 Å². The molecule has 4 rings (SSSR count). The van der Waals surface area contributed by atoms with Gasteiger partial charge >= 0.3 is 6.03 Å². The molecule has 3 aliphatic heterocycles. The first-order valence-electron chi connectivity index (χ1n) is 11.0. The number of anilines is 1. The van der Waals surface area contributed by atoms with Gasteiger partial charge in [0, 0.05) is 56.6 Å². The Morgan fingerprint density at radius 3 is 2.37 bits per heavy atom. The largest absolute Gasteiger partial charge is 0.371 e. The van der Waals surface area contributed by atoms with E-state index in [1.807, 2.05) is 34.1 Å². The minimum atomic E-state index is -0.239. The van der Waals surface area contributed by atoms with E-state index in [-0.39, 0.29) is 29.8 Å². The maximum absolute atomic E-state index is 12.9. The van der Waals surface area contributed by atoms with Crippen LogP contribution in [0.4, 0.5) is 10.5 Å². The summed E-state index contributed by atoms with van der Waals surface area (Å²) in [7, 11) is 0. The van der Waals surface area contributed by atoms with Gasteiger partial charge in [-0.1, -0.05) is 0 Å². The first kappa shape index (κ1) is 20.5. The molecular formula is C22H31N5O3. The highest BCUT2D eigenvalue weighted by atomic mass is 16.2. The number of urea groups is 1. The molecular weight excluding hydrogens is 382 g/mol. The second-order valence-corrected chi connectivity index (χ2v) is 8.54. The summed E-state index contributed by atoms with van der Waals surface area (Å²) >= 11 is 0. The van der Waals surface area contributed by atoms with Crippen LogP contribution in [0.2, 0.25) is 0 Å². The number of hydrogen-bond donors (Lipinski definition) is 2. The Hall–Kier alpha value is -2.77. The van der Waals surface area contributed by atoms with Gasteiger partial charge in [-0.15, -0.1) is 0 Å². The van der Waals surface area contributed by atoms with Gasteiger partial charge in [-0.25, -0.2) is 4.79 Å². The number of likely N-dealkylation sites (tertiary alicyclic amines) is 1. The summed E-state index contributed by atoms with van der Waals surface area (Å²) in [5, 5.41) is 2.91. The molecule has 1 unspecified atom stereocenters. The van der Waals surface area contributed by atoms with Crippen molar-refractivity contribution in [2.24, 2.45) is 11.7 Å². The minimum Gasteiger partial charge on any atom is -0.371 e. The van der Waals surface area contributed by atoms with Gasteiger partial charge in [-0.2, -0.15) is 0 Å². The van der Waals surface area contributed by atoms with E-state index in [4.69, 9.17) is 5.73 Å². The molecule has 3 fully saturated rings. The van der Waals surface area contributed by atoms with Gasteiger partial charge in [0.25, 0.3) is 5.91 Å². The van der Waals surface area contributed by atoms with Crippen molar-refractivity contribution >= 4 is 23.5 Å². The fourth-order valence-corrected chi connectivity index (χ4v) is 4.82. The third-order valence-electron chi connectivity index (χ3n) is 6.61. The molecule has 3 heterocycles. The molecule has 30 heavy (non-hydrogen) atoms. The van der Waals surface area contributed by atoms with E-state index in [0.717, 1.165) is 57.4 Å². The van der Waals surface area contributed by atoms with E-state index in [9.17, 15) is 14.4 Å². The number of nitrogens with zero attached hydrogens (tertiary/aromatic N) is 3. The van der Waals surface area contributed by atoms with E-state index in [0.29, 0.717) is 25.2 Å². The van der Waals surface area contributed by atoms with Gasteiger partial charge in [0.15, 0.2) is 0 Å². The molecule has 3 N–H and O–H groups in total. The Balaban J connectivity index is 1.33. The quantitative estimate of drug-likeness (QED) is 0.780. The maximum atomic E-state index is 12.9. The third-order valence-corrected chi connectivity index (χ3v) is 6.61. The van der Waals surface area contributed by atoms with Crippen molar-refractivity contribution in [3.8, 4) is 0 Å². The first-order chi connectivity index (χ1) is 14.5. The number of benzene rings is 1. The van der Waals surface area contributed by atoms with Crippen molar-refractivity contribution in [2.75, 3.05) is 44.2 Å². The average Bonchev–Trinajstić information content (AvgIpc) is 2.79. The summed E-state index contributed by atoms with van der Waals surface area (Å²) in [6.07, 6.45) is 4.41. The molecule has 0 spiro atoms. The van der Waals surface area contributed by atoms with Crippen LogP contribution >= 0.6 is 0 Å². The Labute approximate surface area is 177 Å². The SMILES string of the molecule is NC(=O)C1CCCN(c2ccc(C(=O)N3CCC(N4CCCNC4=O)CC3)cc2)C1. The maximum Gasteiger partial charge on any atom is 0.317 e. The van der Waals surface area contributed by atoms with Gasteiger partial charge < -0.3 is 25.8 Å². The Kier molecular flexibility index (Phi) is 6.11. The van der Waals surface area contributed by atoms with E-state index in [2.05, 4.69) is 10.2 Å². The number of rotatable bonds is 4. The van der Waals surface area contributed by atoms with Crippen LogP contribution in [0.1, 0.15) is 42.5 Å². The number of hydrogen-bond acceptors (Lipinski definition) is 4. The van der Waals surface area contributed by atoms with Crippen LogP contribution in [0, 0.1) is 5.92 Å². The fourth-order valence-electron chi connectivity index (χ4n) is 4.82. The van der Waals surface area contributed by atoms with Crippen LogP contribution < -0.4 is 16.0 Å². The molecule has 8 heteroatoms. The Bertz CT molecular complexity index is 788. The standard InChI is InChI=1S/C22H31N5O3/c23-20(28)17-3-1-11-26(15-17)18-6-4-16(5-7-18)21(29)25-13-8-19(9-14-25)27-12-2-10-24-22(27)30/h4-7,17,19H,1-3,8-15H2,(H2,23,28)(H,24,30). The summed E-state index contributed by atoms with van der Waals surface area (Å²) in [5.74, 6) is -0.308. The zero-order valence-electron chi connectivity index (χ0n) is 17.4. The monoisotopic (exact) mass is 413 g/mol. The molecule has 0 aliphatic carbocycles. The topological polar surface area (TPSA) is 99.0 Å². The van der Waals surface area contributed by atoms with Gasteiger partial charge in [0.1, 0.15) is 0 Å². The Morgan fingerprint density at radius 2 is 1.70 bits per heavy atom. The van der Waals surface area contributed by atoms with Crippen molar-refractivity contribution < 1.29 is 14.4 Å². The Morgan fingerprint density at radius 1 is 0.967 bits per heavy atom. The smallest absolute Gasteiger partial charge is 0.317 e. The van der Waals surface area contributed by atoms with E-state index < -0.39 is 0 Å². The van der Waals surface area contributed by atoms with Gasteiger partial charge in [-0.3, -0.25) is 9.59 Å². The van der Waals surface area contributed by atoms with E-state index >= 15 is 0 Å². The predicted octanol–water partition coefficient (Wildman–Crippen LogP) is 1.41.